The molecule has 102 valence electrons. The predicted molar refractivity (Wildman–Crippen MR) is 75.3 cm³/mol. The fourth-order valence-electron chi connectivity index (χ4n) is 2.07. The largest absolute Gasteiger partial charge is 0.364 e. The fraction of sp³-hybridized carbons (Fsp3) is 0.200. The van der Waals surface area contributed by atoms with E-state index in [1.165, 1.54) is 5.56 Å². The van der Waals surface area contributed by atoms with Crippen LogP contribution in [0.1, 0.15) is 24.2 Å². The first kappa shape index (κ1) is 12.6. The Labute approximate surface area is 117 Å². The molecule has 0 saturated heterocycles. The lowest BCUT2D eigenvalue weighted by Crippen LogP contribution is -2.18. The topological polar surface area (TPSA) is 55.9 Å². The number of hydrogen-bond donors (Lipinski definition) is 1. The molecule has 0 aliphatic carbocycles. The van der Waals surface area contributed by atoms with Crippen LogP contribution in [0.5, 0.6) is 0 Å². The van der Waals surface area contributed by atoms with Crippen LogP contribution in [0.3, 0.4) is 0 Å². The smallest absolute Gasteiger partial charge is 0.124 e. The lowest BCUT2D eigenvalue weighted by atomic mass is 10.1. The van der Waals surface area contributed by atoms with Crippen LogP contribution in [0.15, 0.2) is 59.8 Å². The summed E-state index contributed by atoms with van der Waals surface area (Å²) in [5, 5.41) is 7.32. The molecule has 0 radical (unpaired) electrons. The van der Waals surface area contributed by atoms with Gasteiger partial charge in [0.1, 0.15) is 6.26 Å². The maximum atomic E-state index is 4.82. The summed E-state index contributed by atoms with van der Waals surface area (Å²) < 4.78 is 6.81. The third-order valence-corrected chi connectivity index (χ3v) is 3.25. The quantitative estimate of drug-likeness (QED) is 0.773. The van der Waals surface area contributed by atoms with Crippen molar-refractivity contribution < 1.29 is 4.52 Å². The summed E-state index contributed by atoms with van der Waals surface area (Å²) in [5.74, 6) is 0. The summed E-state index contributed by atoms with van der Waals surface area (Å²) in [6.07, 6.45) is 7.10. The molecule has 0 aliphatic rings. The number of hydrogen-bond acceptors (Lipinski definition) is 4. The molecule has 1 atom stereocenters. The van der Waals surface area contributed by atoms with Crippen LogP contribution in [-0.2, 0) is 6.54 Å². The Kier molecular flexibility index (Phi) is 3.60. The van der Waals surface area contributed by atoms with Crippen LogP contribution >= 0.6 is 0 Å². The number of imidazole rings is 1. The number of benzene rings is 1. The van der Waals surface area contributed by atoms with Crippen LogP contribution in [0, 0.1) is 0 Å². The average molecular weight is 268 g/mol. The lowest BCUT2D eigenvalue weighted by Gasteiger charge is -2.14. The Morgan fingerprint density at radius 3 is 3.05 bits per heavy atom. The molecule has 2 aromatic heterocycles. The molecule has 5 heteroatoms. The summed E-state index contributed by atoms with van der Waals surface area (Å²) in [6, 6.07) is 10.5. The predicted octanol–water partition coefficient (Wildman–Crippen LogP) is 2.71. The standard InChI is InChI=1S/C15H16N4O/c1-12(17-10-14-5-8-20-18-14)13-3-2-4-15(9-13)19-7-6-16-11-19/h2-9,11-12,17H,10H2,1H3. The normalized spacial score (nSPS) is 12.4. The second-order valence-electron chi connectivity index (χ2n) is 4.66. The van der Waals surface area contributed by atoms with Gasteiger partial charge >= 0.3 is 0 Å². The van der Waals surface area contributed by atoms with Crippen LogP contribution in [0.4, 0.5) is 0 Å². The van der Waals surface area contributed by atoms with Crippen molar-refractivity contribution in [3.8, 4) is 5.69 Å². The first-order valence-corrected chi connectivity index (χ1v) is 6.54. The highest BCUT2D eigenvalue weighted by atomic mass is 16.5. The molecule has 5 nitrogen and oxygen atoms in total. The minimum absolute atomic E-state index is 0.232. The fourth-order valence-corrected chi connectivity index (χ4v) is 2.07. The Morgan fingerprint density at radius 2 is 2.30 bits per heavy atom. The molecule has 1 unspecified atom stereocenters. The third-order valence-electron chi connectivity index (χ3n) is 3.25. The Balaban J connectivity index is 1.71. The van der Waals surface area contributed by atoms with E-state index in [-0.39, 0.29) is 6.04 Å². The third kappa shape index (κ3) is 2.78. The van der Waals surface area contributed by atoms with Crippen molar-refractivity contribution >= 4 is 0 Å². The van der Waals surface area contributed by atoms with Gasteiger partial charge in [0.2, 0.25) is 0 Å². The van der Waals surface area contributed by atoms with E-state index in [1.807, 2.05) is 16.8 Å². The molecule has 0 fully saturated rings. The van der Waals surface area contributed by atoms with Gasteiger partial charge in [0.05, 0.1) is 12.0 Å². The van der Waals surface area contributed by atoms with Crippen molar-refractivity contribution in [3.05, 3.63) is 66.6 Å². The van der Waals surface area contributed by atoms with Gasteiger partial charge in [0, 0.05) is 36.7 Å². The molecule has 0 amide bonds. The van der Waals surface area contributed by atoms with E-state index in [9.17, 15) is 0 Å². The molecule has 2 heterocycles. The van der Waals surface area contributed by atoms with Crippen molar-refractivity contribution in [1.82, 2.24) is 20.0 Å². The highest BCUT2D eigenvalue weighted by Gasteiger charge is 2.07. The minimum Gasteiger partial charge on any atom is -0.364 e. The summed E-state index contributed by atoms with van der Waals surface area (Å²) in [6.45, 7) is 2.82. The first-order valence-electron chi connectivity index (χ1n) is 6.54. The van der Waals surface area contributed by atoms with Crippen molar-refractivity contribution in [2.45, 2.75) is 19.5 Å². The molecule has 1 N–H and O–H groups in total. The number of nitrogens with zero attached hydrogens (tertiary/aromatic N) is 3. The van der Waals surface area contributed by atoms with Crippen LogP contribution in [0.25, 0.3) is 5.69 Å². The maximum Gasteiger partial charge on any atom is 0.124 e. The van der Waals surface area contributed by atoms with Gasteiger partial charge in [-0.25, -0.2) is 4.98 Å². The molecule has 1 aromatic carbocycles. The number of rotatable bonds is 5. The molecule has 0 bridgehead atoms. The highest BCUT2D eigenvalue weighted by Crippen LogP contribution is 2.17. The summed E-state index contributed by atoms with van der Waals surface area (Å²) >= 11 is 0. The van der Waals surface area contributed by atoms with E-state index in [1.54, 1.807) is 18.8 Å². The monoisotopic (exact) mass is 268 g/mol. The molecule has 0 aliphatic heterocycles. The zero-order valence-electron chi connectivity index (χ0n) is 11.2. The van der Waals surface area contributed by atoms with E-state index in [4.69, 9.17) is 4.52 Å². The lowest BCUT2D eigenvalue weighted by molar-refractivity contribution is 0.406. The van der Waals surface area contributed by atoms with Crippen LogP contribution in [-0.4, -0.2) is 14.7 Å². The molecule has 0 saturated carbocycles. The van der Waals surface area contributed by atoms with E-state index >= 15 is 0 Å². The number of nitrogens with one attached hydrogen (secondary N) is 1. The zero-order chi connectivity index (χ0) is 13.8. The van der Waals surface area contributed by atoms with Crippen molar-refractivity contribution in [1.29, 1.82) is 0 Å². The minimum atomic E-state index is 0.232. The molecular formula is C15H16N4O. The van der Waals surface area contributed by atoms with E-state index in [0.29, 0.717) is 6.54 Å². The van der Waals surface area contributed by atoms with Crippen LogP contribution < -0.4 is 5.32 Å². The second kappa shape index (κ2) is 5.71. The van der Waals surface area contributed by atoms with Gasteiger partial charge in [0.25, 0.3) is 0 Å². The summed E-state index contributed by atoms with van der Waals surface area (Å²) in [5.41, 5.74) is 3.23. The second-order valence-corrected chi connectivity index (χ2v) is 4.66. The maximum absolute atomic E-state index is 4.82. The number of aromatic nitrogens is 3. The van der Waals surface area contributed by atoms with E-state index in [2.05, 4.69) is 46.6 Å². The van der Waals surface area contributed by atoms with Gasteiger partial charge in [-0.05, 0) is 24.6 Å². The Morgan fingerprint density at radius 1 is 1.35 bits per heavy atom. The van der Waals surface area contributed by atoms with E-state index < -0.39 is 0 Å². The van der Waals surface area contributed by atoms with Crippen molar-refractivity contribution in [2.24, 2.45) is 0 Å². The molecule has 3 aromatic rings. The van der Waals surface area contributed by atoms with Gasteiger partial charge in [-0.3, -0.25) is 0 Å². The summed E-state index contributed by atoms with van der Waals surface area (Å²) in [7, 11) is 0. The SMILES string of the molecule is CC(NCc1ccon1)c1cccc(-n2ccnc2)c1. The molecular weight excluding hydrogens is 252 g/mol. The van der Waals surface area contributed by atoms with Crippen molar-refractivity contribution in [3.63, 3.8) is 0 Å². The molecule has 0 spiro atoms. The van der Waals surface area contributed by atoms with Gasteiger partial charge in [-0.15, -0.1) is 0 Å². The zero-order valence-corrected chi connectivity index (χ0v) is 11.2. The van der Waals surface area contributed by atoms with Crippen LogP contribution in [0.2, 0.25) is 0 Å². The first-order chi connectivity index (χ1) is 9.83. The van der Waals surface area contributed by atoms with Gasteiger partial charge in [0.15, 0.2) is 0 Å². The van der Waals surface area contributed by atoms with Gasteiger partial charge in [-0.1, -0.05) is 17.3 Å². The molecule has 3 rings (SSSR count). The van der Waals surface area contributed by atoms with Crippen molar-refractivity contribution in [2.75, 3.05) is 0 Å². The Hall–Kier alpha value is -2.40. The Bertz CT molecular complexity index is 646. The average Bonchev–Trinajstić information content (AvgIpc) is 3.18. The van der Waals surface area contributed by atoms with Gasteiger partial charge < -0.3 is 14.4 Å². The highest BCUT2D eigenvalue weighted by molar-refractivity contribution is 5.37. The molecule has 20 heavy (non-hydrogen) atoms. The van der Waals surface area contributed by atoms with Gasteiger partial charge in [-0.2, -0.15) is 0 Å². The van der Waals surface area contributed by atoms with E-state index in [0.717, 1.165) is 11.4 Å². The summed E-state index contributed by atoms with van der Waals surface area (Å²) in [4.78, 5) is 4.07.